The van der Waals surface area contributed by atoms with Crippen LogP contribution in [0.4, 0.5) is 4.39 Å². The Kier molecular flexibility index (Phi) is 5.44. The molecule has 0 heterocycles. The van der Waals surface area contributed by atoms with Gasteiger partial charge < -0.3 is 5.32 Å². The lowest BCUT2D eigenvalue weighted by Gasteiger charge is -2.20. The first kappa shape index (κ1) is 15.8. The molecule has 0 aromatic heterocycles. The minimum absolute atomic E-state index is 0.0897. The van der Waals surface area contributed by atoms with E-state index in [0.29, 0.717) is 14.5 Å². The van der Waals surface area contributed by atoms with Crippen LogP contribution in [0.3, 0.4) is 0 Å². The number of rotatable bonds is 4. The van der Waals surface area contributed by atoms with Gasteiger partial charge in [-0.1, -0.05) is 36.2 Å². The summed E-state index contributed by atoms with van der Waals surface area (Å²) in [6, 6.07) is 10.3. The summed E-state index contributed by atoms with van der Waals surface area (Å²) < 4.78 is 13.8. The van der Waals surface area contributed by atoms with Gasteiger partial charge >= 0.3 is 0 Å². The van der Waals surface area contributed by atoms with Crippen LogP contribution in [0.5, 0.6) is 0 Å². The predicted octanol–water partition coefficient (Wildman–Crippen LogP) is 5.59. The zero-order valence-corrected chi connectivity index (χ0v) is 13.9. The lowest BCUT2D eigenvalue weighted by molar-refractivity contribution is 0.608. The second kappa shape index (κ2) is 6.90. The van der Waals surface area contributed by atoms with E-state index in [0.717, 1.165) is 17.7 Å². The molecule has 5 heteroatoms. The van der Waals surface area contributed by atoms with Gasteiger partial charge in [0, 0.05) is 10.0 Å². The number of halogens is 4. The average Bonchev–Trinajstić information content (AvgIpc) is 2.38. The first-order valence-corrected chi connectivity index (χ1v) is 7.70. The Morgan fingerprint density at radius 3 is 2.30 bits per heavy atom. The maximum atomic E-state index is 13.4. The molecular formula is C15H13BrCl2FN. The third-order valence-electron chi connectivity index (χ3n) is 2.90. The van der Waals surface area contributed by atoms with Gasteiger partial charge in [-0.25, -0.2) is 4.39 Å². The van der Waals surface area contributed by atoms with Crippen LogP contribution in [0.1, 0.15) is 24.1 Å². The Morgan fingerprint density at radius 2 is 1.75 bits per heavy atom. The quantitative estimate of drug-likeness (QED) is 0.732. The van der Waals surface area contributed by atoms with Crippen molar-refractivity contribution in [2.45, 2.75) is 13.0 Å². The fraction of sp³-hybridized carbons (Fsp3) is 0.200. The van der Waals surface area contributed by atoms with E-state index in [2.05, 4.69) is 21.2 Å². The van der Waals surface area contributed by atoms with Gasteiger partial charge in [-0.05, 0) is 63.9 Å². The van der Waals surface area contributed by atoms with Crippen LogP contribution in [-0.4, -0.2) is 6.54 Å². The second-order valence-electron chi connectivity index (χ2n) is 4.37. The first-order chi connectivity index (χ1) is 9.51. The Hall–Kier alpha value is -0.610. The fourth-order valence-electron chi connectivity index (χ4n) is 2.07. The summed E-state index contributed by atoms with van der Waals surface area (Å²) >= 11 is 15.3. The molecule has 0 amide bonds. The monoisotopic (exact) mass is 375 g/mol. The highest BCUT2D eigenvalue weighted by Crippen LogP contribution is 2.29. The van der Waals surface area contributed by atoms with Crippen LogP contribution in [0.25, 0.3) is 0 Å². The van der Waals surface area contributed by atoms with Crippen molar-refractivity contribution in [2.24, 2.45) is 0 Å². The highest BCUT2D eigenvalue weighted by molar-refractivity contribution is 9.10. The average molecular weight is 377 g/mol. The van der Waals surface area contributed by atoms with Crippen molar-refractivity contribution in [3.63, 3.8) is 0 Å². The van der Waals surface area contributed by atoms with Crippen LogP contribution in [0.2, 0.25) is 10.0 Å². The summed E-state index contributed by atoms with van der Waals surface area (Å²) in [6.45, 7) is 2.78. The van der Waals surface area contributed by atoms with E-state index < -0.39 is 0 Å². The first-order valence-electron chi connectivity index (χ1n) is 6.15. The van der Waals surface area contributed by atoms with Crippen LogP contribution in [0.15, 0.2) is 40.9 Å². The normalized spacial score (nSPS) is 12.4. The molecule has 0 fully saturated rings. The summed E-state index contributed by atoms with van der Waals surface area (Å²) in [5.41, 5.74) is 1.89. The van der Waals surface area contributed by atoms with Crippen LogP contribution in [0, 0.1) is 5.82 Å². The van der Waals surface area contributed by atoms with E-state index in [1.165, 1.54) is 6.07 Å². The third kappa shape index (κ3) is 3.73. The molecule has 1 unspecified atom stereocenters. The largest absolute Gasteiger partial charge is 0.307 e. The number of hydrogen-bond acceptors (Lipinski definition) is 1. The van der Waals surface area contributed by atoms with E-state index in [-0.39, 0.29) is 11.9 Å². The van der Waals surface area contributed by atoms with Crippen molar-refractivity contribution in [2.75, 3.05) is 6.54 Å². The van der Waals surface area contributed by atoms with Gasteiger partial charge in [0.25, 0.3) is 0 Å². The van der Waals surface area contributed by atoms with E-state index in [4.69, 9.17) is 23.2 Å². The summed E-state index contributed by atoms with van der Waals surface area (Å²) in [7, 11) is 0. The molecular weight excluding hydrogens is 364 g/mol. The lowest BCUT2D eigenvalue weighted by Crippen LogP contribution is -2.22. The SMILES string of the molecule is CCNC(c1cc(Cl)cc(Cl)c1)c1ccc(F)c(Br)c1. The zero-order valence-electron chi connectivity index (χ0n) is 10.8. The molecule has 2 rings (SSSR count). The Bertz CT molecular complexity index is 599. The smallest absolute Gasteiger partial charge is 0.137 e. The van der Waals surface area contributed by atoms with Gasteiger partial charge in [0.05, 0.1) is 10.5 Å². The molecule has 106 valence electrons. The van der Waals surface area contributed by atoms with Crippen LogP contribution < -0.4 is 5.32 Å². The van der Waals surface area contributed by atoms with Crippen molar-refractivity contribution in [3.05, 3.63) is 67.9 Å². The molecule has 1 nitrogen and oxygen atoms in total. The topological polar surface area (TPSA) is 12.0 Å². The summed E-state index contributed by atoms with van der Waals surface area (Å²) in [6.07, 6.45) is 0. The van der Waals surface area contributed by atoms with Crippen molar-refractivity contribution in [1.29, 1.82) is 0 Å². The maximum Gasteiger partial charge on any atom is 0.137 e. The van der Waals surface area contributed by atoms with Gasteiger partial charge in [-0.2, -0.15) is 0 Å². The predicted molar refractivity (Wildman–Crippen MR) is 86.1 cm³/mol. The Labute approximate surface area is 136 Å². The maximum absolute atomic E-state index is 13.4. The van der Waals surface area contributed by atoms with Crippen LogP contribution >= 0.6 is 39.1 Å². The standard InChI is InChI=1S/C15H13BrCl2FN/c1-2-20-15(9-3-4-14(19)13(16)7-9)10-5-11(17)8-12(18)6-10/h3-8,15,20H,2H2,1H3. The molecule has 1 N–H and O–H groups in total. The van der Waals surface area contributed by atoms with E-state index in [1.807, 2.05) is 19.1 Å². The molecule has 2 aromatic carbocycles. The van der Waals surface area contributed by atoms with Gasteiger partial charge in [0.1, 0.15) is 5.82 Å². The lowest BCUT2D eigenvalue weighted by atomic mass is 9.98. The molecule has 1 atom stereocenters. The minimum Gasteiger partial charge on any atom is -0.307 e. The van der Waals surface area contributed by atoms with Crippen molar-refractivity contribution < 1.29 is 4.39 Å². The molecule has 20 heavy (non-hydrogen) atoms. The summed E-state index contributed by atoms with van der Waals surface area (Å²) in [5, 5.41) is 4.52. The molecule has 0 bridgehead atoms. The molecule has 0 saturated carbocycles. The second-order valence-corrected chi connectivity index (χ2v) is 6.09. The van der Waals surface area contributed by atoms with Crippen LogP contribution in [-0.2, 0) is 0 Å². The molecule has 0 aliphatic rings. The number of benzene rings is 2. The van der Waals surface area contributed by atoms with E-state index >= 15 is 0 Å². The highest BCUT2D eigenvalue weighted by atomic mass is 79.9. The number of hydrogen-bond donors (Lipinski definition) is 1. The molecule has 0 aliphatic heterocycles. The van der Waals surface area contributed by atoms with Crippen molar-refractivity contribution in [1.82, 2.24) is 5.32 Å². The number of nitrogens with one attached hydrogen (secondary N) is 1. The van der Waals surface area contributed by atoms with Crippen molar-refractivity contribution in [3.8, 4) is 0 Å². The van der Waals surface area contributed by atoms with Gasteiger partial charge in [-0.3, -0.25) is 0 Å². The van der Waals surface area contributed by atoms with Crippen molar-refractivity contribution >= 4 is 39.1 Å². The molecule has 2 aromatic rings. The van der Waals surface area contributed by atoms with E-state index in [1.54, 1.807) is 18.2 Å². The molecule has 0 aliphatic carbocycles. The Balaban J connectivity index is 2.46. The molecule has 0 saturated heterocycles. The molecule has 0 spiro atoms. The van der Waals surface area contributed by atoms with Gasteiger partial charge in [-0.15, -0.1) is 0 Å². The Morgan fingerprint density at radius 1 is 1.10 bits per heavy atom. The fourth-order valence-corrected chi connectivity index (χ4v) is 3.01. The third-order valence-corrected chi connectivity index (χ3v) is 3.95. The molecule has 0 radical (unpaired) electrons. The summed E-state index contributed by atoms with van der Waals surface area (Å²) in [5.74, 6) is -0.284. The summed E-state index contributed by atoms with van der Waals surface area (Å²) in [4.78, 5) is 0. The minimum atomic E-state index is -0.284. The van der Waals surface area contributed by atoms with Gasteiger partial charge in [0.2, 0.25) is 0 Å². The highest BCUT2D eigenvalue weighted by Gasteiger charge is 2.15. The van der Waals surface area contributed by atoms with Gasteiger partial charge in [0.15, 0.2) is 0 Å². The zero-order chi connectivity index (χ0) is 14.7. The van der Waals surface area contributed by atoms with E-state index in [9.17, 15) is 4.39 Å².